The van der Waals surface area contributed by atoms with E-state index >= 15 is 0 Å². The van der Waals surface area contributed by atoms with Crippen LogP contribution >= 0.6 is 0 Å². The van der Waals surface area contributed by atoms with Gasteiger partial charge in [-0.3, -0.25) is 19.3 Å². The second-order valence-corrected chi connectivity index (χ2v) is 7.95. The minimum atomic E-state index is -0.859. The van der Waals surface area contributed by atoms with Crippen molar-refractivity contribution in [3.8, 4) is 0 Å². The number of hydrogen-bond acceptors (Lipinski definition) is 4. The van der Waals surface area contributed by atoms with Crippen LogP contribution in [0, 0.1) is 11.8 Å². The summed E-state index contributed by atoms with van der Waals surface area (Å²) in [6.45, 7) is 5.67. The first-order valence-electron chi connectivity index (χ1n) is 9.33. The number of imide groups is 1. The Kier molecular flexibility index (Phi) is 6.26. The molecule has 0 bridgehead atoms. The van der Waals surface area contributed by atoms with Gasteiger partial charge in [0, 0.05) is 7.05 Å². The van der Waals surface area contributed by atoms with E-state index in [1.54, 1.807) is 0 Å². The van der Waals surface area contributed by atoms with Crippen molar-refractivity contribution >= 4 is 23.8 Å². The lowest BCUT2D eigenvalue weighted by molar-refractivity contribution is -0.136. The van der Waals surface area contributed by atoms with E-state index in [2.05, 4.69) is 22.9 Å². The van der Waals surface area contributed by atoms with E-state index in [0.29, 0.717) is 25.2 Å². The molecule has 1 atom stereocenters. The van der Waals surface area contributed by atoms with Crippen molar-refractivity contribution in [2.75, 3.05) is 13.6 Å². The minimum Gasteiger partial charge on any atom is -0.357 e. The van der Waals surface area contributed by atoms with E-state index in [-0.39, 0.29) is 24.3 Å². The molecule has 8 heteroatoms. The second-order valence-electron chi connectivity index (χ2n) is 7.95. The molecule has 3 N–H and O–H groups in total. The molecular formula is C18H30N4O4. The maximum Gasteiger partial charge on any atom is 0.325 e. The maximum absolute atomic E-state index is 12.8. The highest BCUT2D eigenvalue weighted by molar-refractivity contribution is 6.09. The van der Waals surface area contributed by atoms with E-state index in [1.165, 1.54) is 7.05 Å². The number of carbonyl (C=O) groups excluding carboxylic acids is 4. The molecule has 0 aromatic rings. The van der Waals surface area contributed by atoms with Crippen LogP contribution in [0.2, 0.25) is 0 Å². The summed E-state index contributed by atoms with van der Waals surface area (Å²) in [4.78, 5) is 50.3. The summed E-state index contributed by atoms with van der Waals surface area (Å²) in [5.41, 5.74) is -0.859. The molecule has 2 fully saturated rings. The van der Waals surface area contributed by atoms with Crippen molar-refractivity contribution in [2.45, 2.75) is 64.5 Å². The largest absolute Gasteiger partial charge is 0.357 e. The summed E-state index contributed by atoms with van der Waals surface area (Å²) in [5, 5.41) is 7.96. The van der Waals surface area contributed by atoms with E-state index in [0.717, 1.165) is 17.7 Å². The summed E-state index contributed by atoms with van der Waals surface area (Å²) in [5.74, 6) is -0.385. The predicted octanol–water partition coefficient (Wildman–Crippen LogP) is 0.764. The Hall–Kier alpha value is -2.12. The van der Waals surface area contributed by atoms with Crippen LogP contribution in [0.1, 0.15) is 52.9 Å². The first-order valence-corrected chi connectivity index (χ1v) is 9.33. The lowest BCUT2D eigenvalue weighted by atomic mass is 9.77. The maximum atomic E-state index is 12.8. The predicted molar refractivity (Wildman–Crippen MR) is 96.1 cm³/mol. The van der Waals surface area contributed by atoms with E-state index in [1.807, 2.05) is 13.8 Å². The van der Waals surface area contributed by atoms with E-state index < -0.39 is 23.5 Å². The van der Waals surface area contributed by atoms with Gasteiger partial charge in [0.2, 0.25) is 11.8 Å². The first kappa shape index (κ1) is 20.2. The van der Waals surface area contributed by atoms with Gasteiger partial charge in [-0.2, -0.15) is 0 Å². The average molecular weight is 366 g/mol. The molecule has 1 saturated carbocycles. The normalized spacial score (nSPS) is 26.8. The molecule has 26 heavy (non-hydrogen) atoms. The van der Waals surface area contributed by atoms with Gasteiger partial charge in [0.1, 0.15) is 18.1 Å². The number of nitrogens with zero attached hydrogens (tertiary/aromatic N) is 1. The molecule has 0 aromatic carbocycles. The molecule has 0 aromatic heterocycles. The molecule has 0 radical (unpaired) electrons. The van der Waals surface area contributed by atoms with Gasteiger partial charge in [-0.15, -0.1) is 0 Å². The molecule has 5 amide bonds. The van der Waals surface area contributed by atoms with Gasteiger partial charge in [-0.1, -0.05) is 20.8 Å². The third kappa shape index (κ3) is 4.34. The molecule has 2 aliphatic rings. The zero-order chi connectivity index (χ0) is 19.5. The zero-order valence-corrected chi connectivity index (χ0v) is 16.1. The lowest BCUT2D eigenvalue weighted by Gasteiger charge is -2.33. The molecule has 146 valence electrons. The molecule has 2 rings (SSSR count). The van der Waals surface area contributed by atoms with Crippen LogP contribution in [0.25, 0.3) is 0 Å². The Balaban J connectivity index is 2.00. The fourth-order valence-corrected chi connectivity index (χ4v) is 3.67. The Morgan fingerprint density at radius 3 is 2.42 bits per heavy atom. The second kappa shape index (κ2) is 8.05. The van der Waals surface area contributed by atoms with Crippen LogP contribution in [-0.2, 0) is 14.4 Å². The number of urea groups is 1. The molecule has 1 spiro atoms. The molecular weight excluding hydrogens is 336 g/mol. The average Bonchev–Trinajstić information content (AvgIpc) is 2.80. The molecule has 1 aliphatic carbocycles. The Bertz CT molecular complexity index is 582. The van der Waals surface area contributed by atoms with E-state index in [4.69, 9.17) is 0 Å². The van der Waals surface area contributed by atoms with Gasteiger partial charge >= 0.3 is 6.03 Å². The SMILES string of the molecule is CNC(=O)[C@H](CC(C)C)NC(=O)CN1C(=O)NC2(CCC(C)CC2)C1=O. The Labute approximate surface area is 154 Å². The lowest BCUT2D eigenvalue weighted by Crippen LogP contribution is -2.51. The van der Waals surface area contributed by atoms with Gasteiger partial charge in [-0.05, 0) is 43.9 Å². The highest BCUT2D eigenvalue weighted by atomic mass is 16.2. The fourth-order valence-electron chi connectivity index (χ4n) is 3.67. The van der Waals surface area contributed by atoms with Crippen molar-refractivity contribution in [1.82, 2.24) is 20.9 Å². The number of amides is 5. The number of rotatable bonds is 6. The third-order valence-corrected chi connectivity index (χ3v) is 5.28. The van der Waals surface area contributed by atoms with Crippen molar-refractivity contribution in [3.05, 3.63) is 0 Å². The molecule has 0 unspecified atom stereocenters. The van der Waals surface area contributed by atoms with Gasteiger partial charge in [0.15, 0.2) is 0 Å². The van der Waals surface area contributed by atoms with Crippen molar-refractivity contribution < 1.29 is 19.2 Å². The standard InChI is InChI=1S/C18H30N4O4/c1-11(2)9-13(15(24)19-4)20-14(23)10-22-16(25)18(21-17(22)26)7-5-12(3)6-8-18/h11-13H,5-10H2,1-4H3,(H,19,24)(H,20,23)(H,21,26)/t12?,13-,18?/m0/s1. The Morgan fingerprint density at radius 2 is 1.88 bits per heavy atom. The van der Waals surface area contributed by atoms with Gasteiger partial charge < -0.3 is 16.0 Å². The summed E-state index contributed by atoms with van der Waals surface area (Å²) < 4.78 is 0. The topological polar surface area (TPSA) is 108 Å². The molecule has 8 nitrogen and oxygen atoms in total. The number of likely N-dealkylation sites (N-methyl/N-ethyl adjacent to an activating group) is 1. The number of nitrogens with one attached hydrogen (secondary N) is 3. The summed E-state index contributed by atoms with van der Waals surface area (Å²) in [6, 6.07) is -1.21. The monoisotopic (exact) mass is 366 g/mol. The highest BCUT2D eigenvalue weighted by Crippen LogP contribution is 2.36. The quantitative estimate of drug-likeness (QED) is 0.603. The van der Waals surface area contributed by atoms with Crippen LogP contribution in [0.5, 0.6) is 0 Å². The van der Waals surface area contributed by atoms with Crippen molar-refractivity contribution in [3.63, 3.8) is 0 Å². The van der Waals surface area contributed by atoms with Crippen LogP contribution < -0.4 is 16.0 Å². The fraction of sp³-hybridized carbons (Fsp3) is 0.778. The highest BCUT2D eigenvalue weighted by Gasteiger charge is 2.52. The van der Waals surface area contributed by atoms with Crippen LogP contribution in [-0.4, -0.2) is 53.8 Å². The van der Waals surface area contributed by atoms with Gasteiger partial charge in [-0.25, -0.2) is 4.79 Å². The summed E-state index contributed by atoms with van der Waals surface area (Å²) in [7, 11) is 1.51. The van der Waals surface area contributed by atoms with Crippen LogP contribution in [0.4, 0.5) is 4.79 Å². The summed E-state index contributed by atoms with van der Waals surface area (Å²) in [6.07, 6.45) is 3.43. The first-order chi connectivity index (χ1) is 12.2. The van der Waals surface area contributed by atoms with Crippen LogP contribution in [0.15, 0.2) is 0 Å². The molecule has 1 heterocycles. The zero-order valence-electron chi connectivity index (χ0n) is 16.1. The molecule has 1 aliphatic heterocycles. The smallest absolute Gasteiger partial charge is 0.325 e. The number of hydrogen-bond donors (Lipinski definition) is 3. The minimum absolute atomic E-state index is 0.210. The molecule has 1 saturated heterocycles. The van der Waals surface area contributed by atoms with Gasteiger partial charge in [0.05, 0.1) is 0 Å². The van der Waals surface area contributed by atoms with Crippen molar-refractivity contribution in [1.29, 1.82) is 0 Å². The van der Waals surface area contributed by atoms with Crippen LogP contribution in [0.3, 0.4) is 0 Å². The summed E-state index contributed by atoms with van der Waals surface area (Å²) >= 11 is 0. The van der Waals surface area contributed by atoms with Crippen molar-refractivity contribution in [2.24, 2.45) is 11.8 Å². The number of carbonyl (C=O) groups is 4. The van der Waals surface area contributed by atoms with E-state index in [9.17, 15) is 19.2 Å². The third-order valence-electron chi connectivity index (χ3n) is 5.28. The Morgan fingerprint density at radius 1 is 1.27 bits per heavy atom. The van der Waals surface area contributed by atoms with Gasteiger partial charge in [0.25, 0.3) is 5.91 Å².